The Kier molecular flexibility index (Phi) is 2.10. The lowest BCUT2D eigenvalue weighted by atomic mass is 10.3. The summed E-state index contributed by atoms with van der Waals surface area (Å²) < 4.78 is 30.4. The largest absolute Gasteiger partial charge is 0.343 e. The van der Waals surface area contributed by atoms with Crippen LogP contribution in [-0.4, -0.2) is 19.8 Å². The second-order valence-corrected chi connectivity index (χ2v) is 4.04. The van der Waals surface area contributed by atoms with Gasteiger partial charge in [0, 0.05) is 0 Å². The summed E-state index contributed by atoms with van der Waals surface area (Å²) in [6.07, 6.45) is 0.949. The summed E-state index contributed by atoms with van der Waals surface area (Å²) in [6, 6.07) is 0. The summed E-state index contributed by atoms with van der Waals surface area (Å²) in [5.41, 5.74) is 1.22. The molecule has 0 atom stereocenters. The molecule has 1 heterocycles. The van der Waals surface area contributed by atoms with Crippen molar-refractivity contribution in [1.82, 2.24) is 5.16 Å². The topological polar surface area (TPSA) is 69.4 Å². The minimum atomic E-state index is -3.52. The number of aromatic nitrogens is 1. The Bertz CT molecular complexity index is 378. The van der Waals surface area contributed by atoms with Crippen molar-refractivity contribution in [3.63, 3.8) is 0 Å². The third kappa shape index (κ3) is 1.97. The molecule has 5 nitrogen and oxygen atoms in total. The molecule has 6 heteroatoms. The highest BCUT2D eigenvalue weighted by atomic mass is 32.2. The average molecular weight is 191 g/mol. The van der Waals surface area contributed by atoms with Crippen molar-refractivity contribution in [3.05, 3.63) is 11.3 Å². The lowest BCUT2D eigenvalue weighted by molar-refractivity contribution is 0.317. The Hall–Kier alpha value is -1.04. The van der Waals surface area contributed by atoms with Gasteiger partial charge in [0.2, 0.25) is 0 Å². The van der Waals surface area contributed by atoms with Gasteiger partial charge >= 0.3 is 16.1 Å². The summed E-state index contributed by atoms with van der Waals surface area (Å²) in [5, 5.41) is 3.54. The number of rotatable bonds is 2. The van der Waals surface area contributed by atoms with Gasteiger partial charge in [0.05, 0.1) is 17.5 Å². The molecule has 0 aliphatic carbocycles. The fourth-order valence-corrected chi connectivity index (χ4v) is 1.04. The Balaban J connectivity index is 2.99. The van der Waals surface area contributed by atoms with Crippen LogP contribution in [-0.2, 0) is 10.1 Å². The first-order chi connectivity index (χ1) is 5.40. The highest BCUT2D eigenvalue weighted by Gasteiger charge is 2.14. The third-order valence-electron chi connectivity index (χ3n) is 1.34. The second kappa shape index (κ2) is 2.78. The van der Waals surface area contributed by atoms with E-state index < -0.39 is 10.1 Å². The van der Waals surface area contributed by atoms with Crippen molar-refractivity contribution in [3.8, 4) is 5.95 Å². The molecule has 12 heavy (non-hydrogen) atoms. The third-order valence-corrected chi connectivity index (χ3v) is 1.80. The van der Waals surface area contributed by atoms with E-state index in [1.807, 2.05) is 0 Å². The minimum absolute atomic E-state index is 0.0602. The van der Waals surface area contributed by atoms with Gasteiger partial charge in [-0.2, -0.15) is 8.42 Å². The Morgan fingerprint density at radius 2 is 2.00 bits per heavy atom. The average Bonchev–Trinajstić information content (AvgIpc) is 2.16. The number of hydrogen-bond donors (Lipinski definition) is 0. The van der Waals surface area contributed by atoms with Crippen molar-refractivity contribution < 1.29 is 17.1 Å². The van der Waals surface area contributed by atoms with Crippen LogP contribution < -0.4 is 4.18 Å². The van der Waals surface area contributed by atoms with E-state index in [-0.39, 0.29) is 5.95 Å². The molecule has 0 spiro atoms. The van der Waals surface area contributed by atoms with Crippen molar-refractivity contribution in [2.24, 2.45) is 0 Å². The molecule has 0 saturated heterocycles. The first-order valence-corrected chi connectivity index (χ1v) is 5.04. The van der Waals surface area contributed by atoms with Gasteiger partial charge < -0.3 is 8.71 Å². The molecule has 0 aliphatic rings. The van der Waals surface area contributed by atoms with Gasteiger partial charge in [-0.3, -0.25) is 0 Å². The molecule has 68 valence electrons. The van der Waals surface area contributed by atoms with E-state index in [1.54, 1.807) is 13.8 Å². The maximum Gasteiger partial charge on any atom is 0.330 e. The standard InChI is InChI=1S/C6H9NO4S/c1-4-5(2)7-10-6(4)11-12(3,8)9/h1-3H3. The number of hydrogen-bond acceptors (Lipinski definition) is 5. The van der Waals surface area contributed by atoms with Gasteiger partial charge in [-0.25, -0.2) is 0 Å². The quantitative estimate of drug-likeness (QED) is 0.641. The molecule has 0 saturated carbocycles. The highest BCUT2D eigenvalue weighted by Crippen LogP contribution is 2.21. The van der Waals surface area contributed by atoms with E-state index in [4.69, 9.17) is 0 Å². The predicted molar refractivity (Wildman–Crippen MR) is 41.4 cm³/mol. The fourth-order valence-electron chi connectivity index (χ4n) is 0.610. The van der Waals surface area contributed by atoms with Crippen LogP contribution in [0.25, 0.3) is 0 Å². The lowest BCUT2D eigenvalue weighted by Gasteiger charge is -1.96. The van der Waals surface area contributed by atoms with E-state index in [0.717, 1.165) is 6.26 Å². The zero-order valence-corrected chi connectivity index (χ0v) is 7.80. The van der Waals surface area contributed by atoms with Crippen LogP contribution in [0.15, 0.2) is 4.52 Å². The second-order valence-electron chi connectivity index (χ2n) is 2.47. The predicted octanol–water partition coefficient (Wildman–Crippen LogP) is 0.630. The highest BCUT2D eigenvalue weighted by molar-refractivity contribution is 7.86. The van der Waals surface area contributed by atoms with Crippen LogP contribution in [0.5, 0.6) is 5.95 Å². The van der Waals surface area contributed by atoms with Crippen LogP contribution in [0.1, 0.15) is 11.3 Å². The van der Waals surface area contributed by atoms with Gasteiger partial charge in [0.1, 0.15) is 0 Å². The molecule has 1 aromatic rings. The van der Waals surface area contributed by atoms with Crippen LogP contribution >= 0.6 is 0 Å². The zero-order valence-electron chi connectivity index (χ0n) is 6.99. The van der Waals surface area contributed by atoms with E-state index in [0.29, 0.717) is 11.3 Å². The maximum absolute atomic E-state index is 10.7. The van der Waals surface area contributed by atoms with Crippen molar-refractivity contribution in [2.45, 2.75) is 13.8 Å². The first-order valence-electron chi connectivity index (χ1n) is 3.22. The van der Waals surface area contributed by atoms with Gasteiger partial charge in [-0.15, -0.1) is 0 Å². The van der Waals surface area contributed by atoms with Gasteiger partial charge in [-0.1, -0.05) is 5.16 Å². The monoisotopic (exact) mass is 191 g/mol. The summed E-state index contributed by atoms with van der Waals surface area (Å²) in [5.74, 6) is -0.0602. The molecule has 0 bridgehead atoms. The molecule has 0 aromatic carbocycles. The van der Waals surface area contributed by atoms with Gasteiger partial charge in [0.25, 0.3) is 0 Å². The molecule has 0 fully saturated rings. The fraction of sp³-hybridized carbons (Fsp3) is 0.500. The Morgan fingerprint density at radius 3 is 2.33 bits per heavy atom. The Labute approximate surface area is 70.4 Å². The molecule has 0 radical (unpaired) electrons. The molecule has 0 unspecified atom stereocenters. The summed E-state index contributed by atoms with van der Waals surface area (Å²) >= 11 is 0. The van der Waals surface area contributed by atoms with Crippen LogP contribution in [0.2, 0.25) is 0 Å². The number of nitrogens with zero attached hydrogens (tertiary/aromatic N) is 1. The molecular weight excluding hydrogens is 182 g/mol. The molecule has 0 amide bonds. The van der Waals surface area contributed by atoms with E-state index in [9.17, 15) is 8.42 Å². The van der Waals surface area contributed by atoms with Crippen LogP contribution in [0.3, 0.4) is 0 Å². The smallest absolute Gasteiger partial charge is 0.330 e. The van der Waals surface area contributed by atoms with Gasteiger partial charge in [0.15, 0.2) is 0 Å². The van der Waals surface area contributed by atoms with Gasteiger partial charge in [-0.05, 0) is 13.8 Å². The van der Waals surface area contributed by atoms with Crippen molar-refractivity contribution in [2.75, 3.05) is 6.26 Å². The van der Waals surface area contributed by atoms with Crippen LogP contribution in [0, 0.1) is 13.8 Å². The first kappa shape index (κ1) is 9.05. The molecular formula is C6H9NO4S. The summed E-state index contributed by atoms with van der Waals surface area (Å²) in [7, 11) is -3.52. The maximum atomic E-state index is 10.7. The van der Waals surface area contributed by atoms with Crippen molar-refractivity contribution >= 4 is 10.1 Å². The summed E-state index contributed by atoms with van der Waals surface area (Å²) in [4.78, 5) is 0. The lowest BCUT2D eigenvalue weighted by Crippen LogP contribution is -2.05. The summed E-state index contributed by atoms with van der Waals surface area (Å²) in [6.45, 7) is 3.38. The minimum Gasteiger partial charge on any atom is -0.343 e. The molecule has 0 N–H and O–H groups in total. The number of aryl methyl sites for hydroxylation is 1. The molecule has 1 rings (SSSR count). The van der Waals surface area contributed by atoms with E-state index in [1.165, 1.54) is 0 Å². The molecule has 1 aromatic heterocycles. The van der Waals surface area contributed by atoms with E-state index in [2.05, 4.69) is 13.9 Å². The van der Waals surface area contributed by atoms with Crippen molar-refractivity contribution in [1.29, 1.82) is 0 Å². The zero-order chi connectivity index (χ0) is 9.35. The van der Waals surface area contributed by atoms with Crippen LogP contribution in [0.4, 0.5) is 0 Å². The normalized spacial score (nSPS) is 11.6. The van der Waals surface area contributed by atoms with E-state index >= 15 is 0 Å². The Morgan fingerprint density at radius 1 is 1.42 bits per heavy atom. The SMILES string of the molecule is Cc1noc(OS(C)(=O)=O)c1C. The molecule has 0 aliphatic heterocycles.